The molecule has 0 bridgehead atoms. The Morgan fingerprint density at radius 3 is 2.45 bits per heavy atom. The average Bonchev–Trinajstić information content (AvgIpc) is 2.91. The number of unbranched alkanes of at least 4 members (excludes halogenated alkanes) is 1. The Labute approximate surface area is 244 Å². The van der Waals surface area contributed by atoms with Gasteiger partial charge in [0.1, 0.15) is 28.6 Å². The van der Waals surface area contributed by atoms with Gasteiger partial charge in [-0.1, -0.05) is 18.2 Å². The van der Waals surface area contributed by atoms with Gasteiger partial charge in [0, 0.05) is 23.7 Å². The number of nitrogens with one attached hydrogen (secondary N) is 2. The van der Waals surface area contributed by atoms with Gasteiger partial charge in [-0.15, -0.1) is 12.4 Å². The summed E-state index contributed by atoms with van der Waals surface area (Å²) in [6, 6.07) is 15.6. The van der Waals surface area contributed by atoms with E-state index in [9.17, 15) is 5.11 Å². The van der Waals surface area contributed by atoms with Gasteiger partial charge in [0.2, 0.25) is 0 Å². The molecule has 0 aliphatic carbocycles. The van der Waals surface area contributed by atoms with Crippen molar-refractivity contribution in [3.63, 3.8) is 0 Å². The van der Waals surface area contributed by atoms with Crippen LogP contribution >= 0.6 is 12.4 Å². The van der Waals surface area contributed by atoms with Crippen molar-refractivity contribution in [2.45, 2.75) is 71.8 Å². The van der Waals surface area contributed by atoms with E-state index in [4.69, 9.17) is 25.4 Å². The van der Waals surface area contributed by atoms with E-state index < -0.39 is 0 Å². The highest BCUT2D eigenvalue weighted by atomic mass is 35.5. The van der Waals surface area contributed by atoms with E-state index in [2.05, 4.69) is 24.4 Å². The van der Waals surface area contributed by atoms with Gasteiger partial charge in [0.25, 0.3) is 0 Å². The minimum Gasteiger partial charge on any atom is -0.507 e. The zero-order valence-electron chi connectivity index (χ0n) is 23.9. The van der Waals surface area contributed by atoms with Crippen molar-refractivity contribution < 1.29 is 19.3 Å². The quantitative estimate of drug-likeness (QED) is 0.113. The molecule has 1 aliphatic rings. The number of guanidine groups is 1. The number of ether oxygens (including phenoxy) is 3. The molecule has 40 heavy (non-hydrogen) atoms. The molecule has 7 nitrogen and oxygen atoms in total. The molecule has 1 aliphatic heterocycles. The predicted octanol–water partition coefficient (Wildman–Crippen LogP) is 7.00. The summed E-state index contributed by atoms with van der Waals surface area (Å²) >= 11 is 0. The van der Waals surface area contributed by atoms with Crippen LogP contribution in [-0.4, -0.2) is 29.9 Å². The molecule has 0 fully saturated rings. The van der Waals surface area contributed by atoms with Gasteiger partial charge in [-0.3, -0.25) is 5.41 Å². The third kappa shape index (κ3) is 7.75. The molecule has 3 aromatic carbocycles. The van der Waals surface area contributed by atoms with Crippen LogP contribution in [0.2, 0.25) is 0 Å². The second-order valence-corrected chi connectivity index (χ2v) is 10.7. The highest BCUT2D eigenvalue weighted by Crippen LogP contribution is 2.44. The number of rotatable bonds is 11. The van der Waals surface area contributed by atoms with Crippen LogP contribution in [0.4, 0.5) is 5.69 Å². The lowest BCUT2D eigenvalue weighted by Crippen LogP contribution is -2.37. The second kappa shape index (κ2) is 13.7. The lowest BCUT2D eigenvalue weighted by atomic mass is 9.85. The first-order valence-corrected chi connectivity index (χ1v) is 13.7. The monoisotopic (exact) mass is 567 g/mol. The summed E-state index contributed by atoms with van der Waals surface area (Å²) in [7, 11) is 0. The number of halogens is 1. The highest BCUT2D eigenvalue weighted by molar-refractivity contribution is 5.89. The van der Waals surface area contributed by atoms with E-state index in [0.717, 1.165) is 83.7 Å². The summed E-state index contributed by atoms with van der Waals surface area (Å²) in [6.45, 7) is 9.41. The van der Waals surface area contributed by atoms with E-state index >= 15 is 0 Å². The van der Waals surface area contributed by atoms with Crippen molar-refractivity contribution in [2.75, 3.05) is 18.5 Å². The summed E-state index contributed by atoms with van der Waals surface area (Å²) in [5.74, 6) is 2.88. The topological polar surface area (TPSA) is 110 Å². The van der Waals surface area contributed by atoms with Crippen LogP contribution in [0.5, 0.6) is 23.0 Å². The second-order valence-electron chi connectivity index (χ2n) is 10.7. The fraction of sp³-hybridized carbons (Fsp3) is 0.406. The number of aromatic hydroxyl groups is 1. The lowest BCUT2D eigenvalue weighted by Gasteiger charge is -2.38. The highest BCUT2D eigenvalue weighted by Gasteiger charge is 2.34. The molecule has 216 valence electrons. The zero-order valence-corrected chi connectivity index (χ0v) is 24.7. The molecule has 3 aromatic rings. The van der Waals surface area contributed by atoms with Crippen molar-refractivity contribution in [3.8, 4) is 23.0 Å². The van der Waals surface area contributed by atoms with Gasteiger partial charge in [-0.2, -0.15) is 0 Å². The maximum atomic E-state index is 10.4. The van der Waals surface area contributed by atoms with Crippen LogP contribution in [0, 0.1) is 26.2 Å². The van der Waals surface area contributed by atoms with Crippen LogP contribution in [0.1, 0.15) is 60.4 Å². The number of phenolic OH excluding ortho intramolecular Hbond substituents is 1. The van der Waals surface area contributed by atoms with Crippen LogP contribution in [0.15, 0.2) is 48.5 Å². The van der Waals surface area contributed by atoms with E-state index in [-0.39, 0.29) is 24.0 Å². The van der Waals surface area contributed by atoms with Crippen LogP contribution in [-0.2, 0) is 12.8 Å². The van der Waals surface area contributed by atoms with Gasteiger partial charge < -0.3 is 30.4 Å². The van der Waals surface area contributed by atoms with E-state index in [0.29, 0.717) is 19.0 Å². The first-order valence-electron chi connectivity index (χ1n) is 13.7. The molecule has 0 saturated heterocycles. The van der Waals surface area contributed by atoms with Gasteiger partial charge in [0.05, 0.1) is 13.2 Å². The zero-order chi connectivity index (χ0) is 28.0. The Hall–Kier alpha value is -3.58. The van der Waals surface area contributed by atoms with Crippen molar-refractivity contribution in [3.05, 3.63) is 76.3 Å². The Balaban J connectivity index is 0.00000441. The molecule has 0 spiro atoms. The summed E-state index contributed by atoms with van der Waals surface area (Å²) in [4.78, 5) is 0. The van der Waals surface area contributed by atoms with Crippen molar-refractivity contribution in [1.82, 2.24) is 0 Å². The normalized spacial score (nSPS) is 15.8. The minimum absolute atomic E-state index is 0. The third-order valence-electron chi connectivity index (χ3n) is 7.66. The molecule has 1 atom stereocenters. The number of hydrogen-bond acceptors (Lipinski definition) is 5. The summed E-state index contributed by atoms with van der Waals surface area (Å²) in [6.07, 6.45) is 5.63. The first-order chi connectivity index (χ1) is 18.6. The SMILES string of the molecule is Cc1c(C)c2c(c(C)c1O)CCC(C)(CCCCOc1ccc(CCOc3cccc(NC(=N)N)c3)cc1)O2.Cl. The molecule has 5 N–H and O–H groups in total. The molecule has 0 saturated carbocycles. The van der Waals surface area contributed by atoms with Gasteiger partial charge in [0.15, 0.2) is 5.96 Å². The smallest absolute Gasteiger partial charge is 0.190 e. The number of hydrogen-bond donors (Lipinski definition) is 4. The number of anilines is 1. The molecule has 0 radical (unpaired) electrons. The maximum absolute atomic E-state index is 10.4. The molecular weight excluding hydrogens is 526 g/mol. The number of phenols is 1. The van der Waals surface area contributed by atoms with Crippen LogP contribution < -0.4 is 25.3 Å². The molecule has 0 amide bonds. The molecular formula is C32H42ClN3O4. The van der Waals surface area contributed by atoms with Crippen LogP contribution in [0.25, 0.3) is 0 Å². The standard InChI is InChI=1S/C32H41N3O4.ClH/c1-21-22(2)30-28(23(3)29(21)36)14-17-32(4,39-30)16-5-6-18-37-26-12-10-24(11-13-26)15-19-38-27-9-7-8-25(20-27)35-31(33)34;/h7-13,20,36H,5-6,14-19H2,1-4H3,(H4,33,34,35);1H. The summed E-state index contributed by atoms with van der Waals surface area (Å²) in [5.41, 5.74) is 11.2. The van der Waals surface area contributed by atoms with E-state index in [1.54, 1.807) is 0 Å². The average molecular weight is 568 g/mol. The predicted molar refractivity (Wildman–Crippen MR) is 164 cm³/mol. The van der Waals surface area contributed by atoms with Crippen molar-refractivity contribution in [2.24, 2.45) is 5.73 Å². The molecule has 4 rings (SSSR count). The Kier molecular flexibility index (Phi) is 10.6. The van der Waals surface area contributed by atoms with E-state index in [1.807, 2.05) is 57.2 Å². The lowest BCUT2D eigenvalue weighted by molar-refractivity contribution is 0.0513. The van der Waals surface area contributed by atoms with Crippen LogP contribution in [0.3, 0.4) is 0 Å². The fourth-order valence-electron chi connectivity index (χ4n) is 5.12. The molecule has 1 unspecified atom stereocenters. The van der Waals surface area contributed by atoms with Gasteiger partial charge >= 0.3 is 0 Å². The van der Waals surface area contributed by atoms with Crippen molar-refractivity contribution >= 4 is 24.1 Å². The first kappa shape index (κ1) is 31.0. The minimum atomic E-state index is -0.192. The van der Waals surface area contributed by atoms with Gasteiger partial charge in [-0.25, -0.2) is 0 Å². The fourth-order valence-corrected chi connectivity index (χ4v) is 5.12. The van der Waals surface area contributed by atoms with E-state index in [1.165, 1.54) is 5.56 Å². The maximum Gasteiger partial charge on any atom is 0.190 e. The van der Waals surface area contributed by atoms with Crippen molar-refractivity contribution in [1.29, 1.82) is 5.41 Å². The molecule has 1 heterocycles. The summed E-state index contributed by atoms with van der Waals surface area (Å²) < 4.78 is 18.4. The Bertz CT molecular complexity index is 1310. The number of fused-ring (bicyclic) bond motifs is 1. The molecule has 8 heteroatoms. The Morgan fingerprint density at radius 1 is 1.00 bits per heavy atom. The number of benzene rings is 3. The molecule has 0 aromatic heterocycles. The third-order valence-corrected chi connectivity index (χ3v) is 7.66. The van der Waals surface area contributed by atoms with Gasteiger partial charge in [-0.05, 0) is 106 Å². The largest absolute Gasteiger partial charge is 0.507 e. The number of nitrogens with two attached hydrogens (primary N) is 1. The summed E-state index contributed by atoms with van der Waals surface area (Å²) in [5, 5.41) is 20.5. The Morgan fingerprint density at radius 2 is 1.73 bits per heavy atom.